The molecule has 0 bridgehead atoms. The Morgan fingerprint density at radius 2 is 1.93 bits per heavy atom. The highest BCUT2D eigenvalue weighted by Gasteiger charge is 2.30. The fourth-order valence-corrected chi connectivity index (χ4v) is 3.26. The van der Waals surface area contributed by atoms with Gasteiger partial charge in [-0.05, 0) is 52.3 Å². The molecule has 6 heteroatoms. The van der Waals surface area contributed by atoms with Crippen molar-refractivity contribution in [3.8, 4) is 5.75 Å². The number of fused-ring (bicyclic) bond motifs is 1. The first kappa shape index (κ1) is 19.7. The fraction of sp³-hybridized carbons (Fsp3) is 0.364. The summed E-state index contributed by atoms with van der Waals surface area (Å²) in [6.45, 7) is 9.76. The lowest BCUT2D eigenvalue weighted by atomic mass is 10.0. The summed E-state index contributed by atoms with van der Waals surface area (Å²) >= 11 is 0. The molecule has 0 radical (unpaired) electrons. The molecule has 1 aliphatic heterocycles. The van der Waals surface area contributed by atoms with Crippen LogP contribution in [0.1, 0.15) is 44.9 Å². The zero-order valence-electron chi connectivity index (χ0n) is 17.0. The van der Waals surface area contributed by atoms with E-state index >= 15 is 0 Å². The van der Waals surface area contributed by atoms with E-state index in [1.807, 2.05) is 58.9 Å². The van der Waals surface area contributed by atoms with Crippen molar-refractivity contribution in [1.29, 1.82) is 0 Å². The Labute approximate surface area is 165 Å². The van der Waals surface area contributed by atoms with Crippen molar-refractivity contribution in [2.75, 3.05) is 16.8 Å². The van der Waals surface area contributed by atoms with Crippen LogP contribution in [0.25, 0.3) is 0 Å². The summed E-state index contributed by atoms with van der Waals surface area (Å²) in [5, 5.41) is 5.66. The van der Waals surface area contributed by atoms with Gasteiger partial charge in [-0.15, -0.1) is 0 Å². The van der Waals surface area contributed by atoms with Crippen LogP contribution in [0.2, 0.25) is 0 Å². The summed E-state index contributed by atoms with van der Waals surface area (Å²) in [5.74, 6) is 0.486. The number of ether oxygens (including phenoxy) is 1. The molecule has 6 nitrogen and oxygen atoms in total. The number of amides is 3. The number of hydrogen-bond donors (Lipinski definition) is 2. The van der Waals surface area contributed by atoms with Crippen molar-refractivity contribution < 1.29 is 14.3 Å². The summed E-state index contributed by atoms with van der Waals surface area (Å²) in [6, 6.07) is 13.1. The molecule has 28 heavy (non-hydrogen) atoms. The van der Waals surface area contributed by atoms with Gasteiger partial charge in [-0.2, -0.15) is 0 Å². The van der Waals surface area contributed by atoms with Crippen LogP contribution < -0.4 is 20.3 Å². The number of urea groups is 1. The van der Waals surface area contributed by atoms with Gasteiger partial charge < -0.3 is 15.4 Å². The second-order valence-corrected chi connectivity index (χ2v) is 8.15. The quantitative estimate of drug-likeness (QED) is 0.828. The second-order valence-electron chi connectivity index (χ2n) is 8.15. The Hall–Kier alpha value is -3.02. The number of carbonyl (C=O) groups is 2. The Kier molecular flexibility index (Phi) is 5.31. The van der Waals surface area contributed by atoms with E-state index in [1.165, 1.54) is 0 Å². The Morgan fingerprint density at radius 1 is 1.18 bits per heavy atom. The molecule has 3 amide bonds. The molecule has 1 atom stereocenters. The number of benzene rings is 2. The van der Waals surface area contributed by atoms with Crippen molar-refractivity contribution in [1.82, 2.24) is 5.32 Å². The van der Waals surface area contributed by atoms with Gasteiger partial charge in [-0.1, -0.05) is 29.8 Å². The highest BCUT2D eigenvalue weighted by molar-refractivity contribution is 5.99. The van der Waals surface area contributed by atoms with Crippen molar-refractivity contribution in [2.45, 2.75) is 46.2 Å². The molecule has 148 valence electrons. The van der Waals surface area contributed by atoms with E-state index in [4.69, 9.17) is 4.74 Å². The van der Waals surface area contributed by atoms with Crippen molar-refractivity contribution >= 4 is 23.3 Å². The monoisotopic (exact) mass is 381 g/mol. The first-order valence-electron chi connectivity index (χ1n) is 9.39. The second kappa shape index (κ2) is 7.54. The average molecular weight is 381 g/mol. The standard InChI is InChI=1S/C22H27N3O3/c1-14-7-6-8-16(11-14)15(2)25-18-10-9-17(12-19(18)28-13-20(25)26)23-21(27)24-22(3,4)5/h6-12,15H,13H2,1-5H3,(H2,23,24,27)/t15-/m0/s1. The van der Waals surface area contributed by atoms with Crippen LogP contribution in [0.5, 0.6) is 5.75 Å². The maximum atomic E-state index is 12.6. The smallest absolute Gasteiger partial charge is 0.319 e. The van der Waals surface area contributed by atoms with E-state index in [1.54, 1.807) is 17.0 Å². The van der Waals surface area contributed by atoms with Gasteiger partial charge >= 0.3 is 6.03 Å². The summed E-state index contributed by atoms with van der Waals surface area (Å²) in [6.07, 6.45) is 0. The van der Waals surface area contributed by atoms with Crippen molar-refractivity contribution in [2.24, 2.45) is 0 Å². The third-order valence-electron chi connectivity index (χ3n) is 4.50. The zero-order chi connectivity index (χ0) is 20.5. The van der Waals surface area contributed by atoms with Crippen LogP contribution in [0.4, 0.5) is 16.2 Å². The maximum Gasteiger partial charge on any atom is 0.319 e. The molecular weight excluding hydrogens is 354 g/mol. The van der Waals surface area contributed by atoms with Crippen LogP contribution in [-0.2, 0) is 4.79 Å². The molecule has 2 aromatic rings. The van der Waals surface area contributed by atoms with E-state index in [0.717, 1.165) is 11.1 Å². The first-order valence-corrected chi connectivity index (χ1v) is 9.39. The predicted molar refractivity (Wildman–Crippen MR) is 111 cm³/mol. The molecule has 0 spiro atoms. The first-order chi connectivity index (χ1) is 13.1. The number of rotatable bonds is 3. The minimum absolute atomic E-state index is 0.0270. The number of hydrogen-bond acceptors (Lipinski definition) is 3. The lowest BCUT2D eigenvalue weighted by Crippen LogP contribution is -2.43. The molecule has 0 aromatic heterocycles. The summed E-state index contributed by atoms with van der Waals surface area (Å²) in [4.78, 5) is 26.5. The number of anilines is 2. The lowest BCUT2D eigenvalue weighted by Gasteiger charge is -2.34. The van der Waals surface area contributed by atoms with Crippen LogP contribution in [0.15, 0.2) is 42.5 Å². The molecule has 0 saturated carbocycles. The molecule has 0 aliphatic carbocycles. The van der Waals surface area contributed by atoms with Gasteiger partial charge in [-0.3, -0.25) is 9.69 Å². The molecular formula is C22H27N3O3. The molecule has 2 N–H and O–H groups in total. The van der Waals surface area contributed by atoms with E-state index in [0.29, 0.717) is 17.1 Å². The molecule has 0 unspecified atom stereocenters. The van der Waals surface area contributed by atoms with E-state index in [9.17, 15) is 9.59 Å². The number of nitrogens with one attached hydrogen (secondary N) is 2. The molecule has 3 rings (SSSR count). The number of aryl methyl sites for hydroxylation is 1. The lowest BCUT2D eigenvalue weighted by molar-refractivity contribution is -0.121. The largest absolute Gasteiger partial charge is 0.481 e. The van der Waals surface area contributed by atoms with Gasteiger partial charge in [0.2, 0.25) is 0 Å². The predicted octanol–water partition coefficient (Wildman–Crippen LogP) is 4.40. The Balaban J connectivity index is 1.85. The minimum Gasteiger partial charge on any atom is -0.481 e. The number of nitrogens with zero attached hydrogens (tertiary/aromatic N) is 1. The van der Waals surface area contributed by atoms with E-state index in [-0.39, 0.29) is 30.1 Å². The summed E-state index contributed by atoms with van der Waals surface area (Å²) in [5.41, 5.74) is 3.19. The van der Waals surface area contributed by atoms with Gasteiger partial charge in [0, 0.05) is 17.3 Å². The van der Waals surface area contributed by atoms with Crippen molar-refractivity contribution in [3.63, 3.8) is 0 Å². The molecule has 0 fully saturated rings. The molecule has 2 aromatic carbocycles. The van der Waals surface area contributed by atoms with Gasteiger partial charge in [0.05, 0.1) is 11.7 Å². The molecule has 1 heterocycles. The zero-order valence-corrected chi connectivity index (χ0v) is 17.0. The summed E-state index contributed by atoms with van der Waals surface area (Å²) < 4.78 is 5.64. The van der Waals surface area contributed by atoms with Gasteiger partial charge in [0.25, 0.3) is 5.91 Å². The van der Waals surface area contributed by atoms with Crippen LogP contribution in [-0.4, -0.2) is 24.1 Å². The fourth-order valence-electron chi connectivity index (χ4n) is 3.26. The van der Waals surface area contributed by atoms with Crippen molar-refractivity contribution in [3.05, 3.63) is 53.6 Å². The van der Waals surface area contributed by atoms with Gasteiger partial charge in [-0.25, -0.2) is 4.79 Å². The Bertz CT molecular complexity index is 902. The van der Waals surface area contributed by atoms with Crippen LogP contribution >= 0.6 is 0 Å². The molecule has 0 saturated heterocycles. The van der Waals surface area contributed by atoms with Gasteiger partial charge in [0.1, 0.15) is 5.75 Å². The average Bonchev–Trinajstić information content (AvgIpc) is 2.59. The normalized spacial score (nSPS) is 14.8. The highest BCUT2D eigenvalue weighted by Crippen LogP contribution is 2.39. The van der Waals surface area contributed by atoms with E-state index < -0.39 is 0 Å². The maximum absolute atomic E-state index is 12.6. The van der Waals surface area contributed by atoms with Crippen LogP contribution in [0, 0.1) is 6.92 Å². The minimum atomic E-state index is -0.332. The highest BCUT2D eigenvalue weighted by atomic mass is 16.5. The third-order valence-corrected chi connectivity index (χ3v) is 4.50. The van der Waals surface area contributed by atoms with Gasteiger partial charge in [0.15, 0.2) is 6.61 Å². The summed E-state index contributed by atoms with van der Waals surface area (Å²) in [7, 11) is 0. The van der Waals surface area contributed by atoms with Crippen LogP contribution in [0.3, 0.4) is 0 Å². The topological polar surface area (TPSA) is 70.7 Å². The SMILES string of the molecule is Cc1cccc([C@H](C)N2C(=O)COc3cc(NC(=O)NC(C)(C)C)ccc32)c1. The van der Waals surface area contributed by atoms with E-state index in [2.05, 4.69) is 16.7 Å². The number of carbonyl (C=O) groups excluding carboxylic acids is 2. The third kappa shape index (κ3) is 4.44. The Morgan fingerprint density at radius 3 is 2.61 bits per heavy atom. The molecule has 1 aliphatic rings.